The van der Waals surface area contributed by atoms with Gasteiger partial charge >= 0.3 is 5.97 Å². The molecule has 4 saturated heterocycles. The molecule has 9 rings (SSSR count). The van der Waals surface area contributed by atoms with E-state index in [-0.39, 0.29) is 75.6 Å². The predicted octanol–water partition coefficient (Wildman–Crippen LogP) is 3.71. The van der Waals surface area contributed by atoms with Crippen molar-refractivity contribution in [2.45, 2.75) is 160 Å². The number of ether oxygens (including phenoxy) is 6. The number of fused-ring (bicyclic) bond motifs is 6. The summed E-state index contributed by atoms with van der Waals surface area (Å²) < 4.78 is 38.4. The second kappa shape index (κ2) is 9.52. The van der Waals surface area contributed by atoms with Crippen LogP contribution in [0.5, 0.6) is 0 Å². The predicted molar refractivity (Wildman–Crippen MR) is 166 cm³/mol. The highest BCUT2D eigenvalue weighted by Crippen LogP contribution is 2.89. The largest absolute Gasteiger partial charge is 0.462 e. The first-order valence-corrected chi connectivity index (χ1v) is 18.5. The molecular weight excluding hydrogens is 604 g/mol. The highest BCUT2D eigenvalue weighted by Gasteiger charge is 2.86. The zero-order valence-corrected chi connectivity index (χ0v) is 29.2. The number of carbonyl (C=O) groups is 1. The second-order valence-electron chi connectivity index (χ2n) is 18.9. The Morgan fingerprint density at radius 2 is 1.62 bits per heavy atom. The fourth-order valence-corrected chi connectivity index (χ4v) is 14.6. The number of aliphatic hydroxyl groups is 3. The summed E-state index contributed by atoms with van der Waals surface area (Å²) in [7, 11) is 0. The molecule has 0 aromatic carbocycles. The molecular formula is C37H56O10. The lowest BCUT2D eigenvalue weighted by atomic mass is 9.41. The normalized spacial score (nSPS) is 62.8. The second-order valence-corrected chi connectivity index (χ2v) is 18.9. The maximum Gasteiger partial charge on any atom is 0.302 e. The van der Waals surface area contributed by atoms with E-state index in [1.165, 1.54) is 0 Å². The lowest BCUT2D eigenvalue weighted by Gasteiger charge is -2.65. The molecule has 4 unspecified atom stereocenters. The molecule has 0 radical (unpaired) electrons. The standard InChI is InChI=1S/C37H56O10/c1-18-12-37(30-33(6,47-30)17-43-37)46-21-13-32(5)23-9-8-22-31(3,4)24(45-29-28(41)27(40)20(39)15-42-29)10-11-35(22)16-36(23,35)14-25(44-19(2)38)34(32,7)26(18)21/h18,20-30,39-41H,8-17H2,1-7H3/t18-,20?,21+,22+,23+,24+,25-,26+,27?,28?,29?,30+,32+,33+,34-,35-,36+,37+/m1/s1. The fourth-order valence-electron chi connectivity index (χ4n) is 14.6. The van der Waals surface area contributed by atoms with Crippen LogP contribution in [0.15, 0.2) is 0 Å². The van der Waals surface area contributed by atoms with Gasteiger partial charge in [-0.15, -0.1) is 0 Å². The van der Waals surface area contributed by atoms with Crippen molar-refractivity contribution in [2.75, 3.05) is 13.2 Å². The minimum Gasteiger partial charge on any atom is -0.462 e. The van der Waals surface area contributed by atoms with Gasteiger partial charge < -0.3 is 43.7 Å². The molecule has 4 aliphatic heterocycles. The summed E-state index contributed by atoms with van der Waals surface area (Å²) in [5, 5.41) is 31.0. The van der Waals surface area contributed by atoms with Gasteiger partial charge in [-0.2, -0.15) is 0 Å². The van der Waals surface area contributed by atoms with E-state index >= 15 is 0 Å². The van der Waals surface area contributed by atoms with Gasteiger partial charge in [-0.05, 0) is 97.2 Å². The van der Waals surface area contributed by atoms with Crippen molar-refractivity contribution in [1.82, 2.24) is 0 Å². The molecule has 0 amide bonds. The van der Waals surface area contributed by atoms with E-state index < -0.39 is 30.4 Å². The minimum absolute atomic E-state index is 0.00697. The Balaban J connectivity index is 1.03. The quantitative estimate of drug-likeness (QED) is 0.234. The summed E-state index contributed by atoms with van der Waals surface area (Å²) in [6.45, 7) is 16.1. The SMILES string of the molecule is CC(=O)O[C@@H]1C[C@@]23C[C@@]24CC[C@H](OC2OCC(O)C(O)C2O)C(C)(C)[C@@H]4CC[C@H]3[C@]2(C)C[C@@H]3O[C@]4(C[C@@H](C)[C@@H]3[C@@]12C)OC[C@]1(C)O[C@H]41. The first-order valence-electron chi connectivity index (χ1n) is 18.5. The third-order valence-electron chi connectivity index (χ3n) is 16.6. The monoisotopic (exact) mass is 660 g/mol. The van der Waals surface area contributed by atoms with Gasteiger partial charge in [0.2, 0.25) is 0 Å². The van der Waals surface area contributed by atoms with Crippen LogP contribution in [-0.2, 0) is 33.2 Å². The Morgan fingerprint density at radius 3 is 2.30 bits per heavy atom. The maximum atomic E-state index is 12.9. The molecule has 5 aliphatic carbocycles. The van der Waals surface area contributed by atoms with Crippen molar-refractivity contribution in [3.8, 4) is 0 Å². The van der Waals surface area contributed by atoms with Crippen LogP contribution in [0, 0.1) is 50.7 Å². The molecule has 10 nitrogen and oxygen atoms in total. The third-order valence-corrected chi connectivity index (χ3v) is 16.6. The highest BCUT2D eigenvalue weighted by molar-refractivity contribution is 5.66. The molecule has 0 aromatic rings. The molecule has 264 valence electrons. The van der Waals surface area contributed by atoms with Crippen molar-refractivity contribution in [3.05, 3.63) is 0 Å². The van der Waals surface area contributed by atoms with E-state index in [2.05, 4.69) is 41.5 Å². The topological polar surface area (TPSA) is 136 Å². The Labute approximate surface area is 278 Å². The zero-order chi connectivity index (χ0) is 33.3. The van der Waals surface area contributed by atoms with Crippen molar-refractivity contribution in [2.24, 2.45) is 50.7 Å². The highest BCUT2D eigenvalue weighted by atomic mass is 16.8. The van der Waals surface area contributed by atoms with E-state index in [1.54, 1.807) is 6.92 Å². The van der Waals surface area contributed by atoms with E-state index in [0.717, 1.165) is 51.4 Å². The van der Waals surface area contributed by atoms with Gasteiger partial charge in [-0.3, -0.25) is 4.79 Å². The van der Waals surface area contributed by atoms with Crippen LogP contribution in [-0.4, -0.2) is 94.9 Å². The maximum absolute atomic E-state index is 12.9. The summed E-state index contributed by atoms with van der Waals surface area (Å²) in [5.74, 6) is 0.642. The van der Waals surface area contributed by atoms with Crippen LogP contribution < -0.4 is 0 Å². The molecule has 47 heavy (non-hydrogen) atoms. The van der Waals surface area contributed by atoms with Crippen molar-refractivity contribution < 1.29 is 48.5 Å². The number of epoxide rings is 1. The molecule has 10 heteroatoms. The van der Waals surface area contributed by atoms with Crippen LogP contribution in [0.4, 0.5) is 0 Å². The van der Waals surface area contributed by atoms with E-state index in [1.807, 2.05) is 0 Å². The summed E-state index contributed by atoms with van der Waals surface area (Å²) in [5.41, 5.74) is -0.492. The van der Waals surface area contributed by atoms with Crippen LogP contribution in [0.3, 0.4) is 0 Å². The molecule has 9 aliphatic rings. The average molecular weight is 661 g/mol. The summed E-state index contributed by atoms with van der Waals surface area (Å²) in [4.78, 5) is 12.9. The molecule has 3 N–H and O–H groups in total. The summed E-state index contributed by atoms with van der Waals surface area (Å²) in [6.07, 6.45) is 2.89. The average Bonchev–Trinajstić information content (AvgIpc) is 3.81. The number of hydrogen-bond acceptors (Lipinski definition) is 10. The molecule has 4 heterocycles. The number of carbonyl (C=O) groups excluding carboxylic acids is 1. The summed E-state index contributed by atoms with van der Waals surface area (Å²) in [6, 6.07) is 0. The van der Waals surface area contributed by atoms with Gasteiger partial charge in [0.25, 0.3) is 0 Å². The van der Waals surface area contributed by atoms with E-state index in [9.17, 15) is 20.1 Å². The van der Waals surface area contributed by atoms with Gasteiger partial charge in [0, 0.05) is 18.8 Å². The van der Waals surface area contributed by atoms with Gasteiger partial charge in [-0.25, -0.2) is 0 Å². The van der Waals surface area contributed by atoms with Crippen LogP contribution in [0.1, 0.15) is 99.8 Å². The van der Waals surface area contributed by atoms with Crippen molar-refractivity contribution in [3.63, 3.8) is 0 Å². The molecule has 0 aromatic heterocycles. The van der Waals surface area contributed by atoms with Crippen LogP contribution >= 0.6 is 0 Å². The van der Waals surface area contributed by atoms with Crippen LogP contribution in [0.25, 0.3) is 0 Å². The first-order chi connectivity index (χ1) is 22.0. The fraction of sp³-hybridized carbons (Fsp3) is 0.973. The van der Waals surface area contributed by atoms with Gasteiger partial charge in [-0.1, -0.05) is 34.6 Å². The molecule has 18 atom stereocenters. The third kappa shape index (κ3) is 3.78. The summed E-state index contributed by atoms with van der Waals surface area (Å²) >= 11 is 0. The zero-order valence-electron chi connectivity index (χ0n) is 29.2. The molecule has 5 saturated carbocycles. The Bertz CT molecular complexity index is 1360. The van der Waals surface area contributed by atoms with E-state index in [0.29, 0.717) is 24.4 Å². The first kappa shape index (κ1) is 32.1. The number of aliphatic hydroxyl groups excluding tert-OH is 3. The van der Waals surface area contributed by atoms with Crippen LogP contribution in [0.2, 0.25) is 0 Å². The molecule has 9 fully saturated rings. The molecule has 0 bridgehead atoms. The Kier molecular flexibility index (Phi) is 6.50. The van der Waals surface area contributed by atoms with Gasteiger partial charge in [0.15, 0.2) is 12.1 Å². The van der Waals surface area contributed by atoms with E-state index in [4.69, 9.17) is 28.4 Å². The lowest BCUT2D eigenvalue weighted by Crippen LogP contribution is -2.64. The smallest absolute Gasteiger partial charge is 0.302 e. The number of rotatable bonds is 3. The molecule has 3 spiro atoms. The van der Waals surface area contributed by atoms with Gasteiger partial charge in [0.05, 0.1) is 25.4 Å². The number of esters is 1. The lowest BCUT2D eigenvalue weighted by molar-refractivity contribution is -0.309. The minimum atomic E-state index is -1.29. The van der Waals surface area contributed by atoms with Crippen molar-refractivity contribution >= 4 is 5.97 Å². The van der Waals surface area contributed by atoms with Gasteiger partial charge in [0.1, 0.15) is 36.1 Å². The van der Waals surface area contributed by atoms with Crippen molar-refractivity contribution in [1.29, 1.82) is 0 Å². The Morgan fingerprint density at radius 1 is 0.872 bits per heavy atom. The Hall–Kier alpha value is -0.850. The number of hydrogen-bond donors (Lipinski definition) is 3.